The van der Waals surface area contributed by atoms with E-state index in [4.69, 9.17) is 5.10 Å². The highest BCUT2D eigenvalue weighted by molar-refractivity contribution is 7.59. The molecule has 0 radical (unpaired) electrons. The number of Topliss-reactive ketones (excluding diaryl/α,β-unsaturated/α-hetero) is 1. The number of ketones is 1. The standard InChI is InChI=1S/C29H24F4N4O2.2H2S/c1-3-36-27-25(17(2)35-37(27)21-10-5-4-6-11-21)26(19-12-13-24(30)34-16-19)22(28(36)39)15-23(38)18-8-7-9-20(14-18)29(31,32)33;;/h4-14,16,22,26H,3,15H2,1-2H3;2*1H2/t22-,26+;;/m0../s1. The third-order valence-electron chi connectivity index (χ3n) is 6.98. The van der Waals surface area contributed by atoms with Gasteiger partial charge in [0.05, 0.1) is 22.9 Å². The van der Waals surface area contributed by atoms with Crippen LogP contribution in [0, 0.1) is 18.8 Å². The number of hydrogen-bond donors (Lipinski definition) is 0. The van der Waals surface area contributed by atoms with E-state index in [1.54, 1.807) is 23.4 Å². The van der Waals surface area contributed by atoms with Crippen LogP contribution in [0.15, 0.2) is 72.9 Å². The Morgan fingerprint density at radius 3 is 2.32 bits per heavy atom. The lowest BCUT2D eigenvalue weighted by Crippen LogP contribution is -2.45. The van der Waals surface area contributed by atoms with Crippen LogP contribution in [-0.2, 0) is 11.0 Å². The number of halogens is 4. The van der Waals surface area contributed by atoms with Gasteiger partial charge in [0.2, 0.25) is 11.9 Å². The summed E-state index contributed by atoms with van der Waals surface area (Å²) in [7, 11) is 0. The number of nitrogens with zero attached hydrogens (tertiary/aromatic N) is 4. The molecule has 2 atom stereocenters. The first-order valence-corrected chi connectivity index (χ1v) is 12.4. The van der Waals surface area contributed by atoms with Crippen molar-refractivity contribution in [2.45, 2.75) is 32.4 Å². The summed E-state index contributed by atoms with van der Waals surface area (Å²) in [5.41, 5.74) is 1.42. The van der Waals surface area contributed by atoms with E-state index in [9.17, 15) is 27.2 Å². The number of amides is 1. The Bertz CT molecular complexity index is 1540. The van der Waals surface area contributed by atoms with Gasteiger partial charge in [-0.1, -0.05) is 36.4 Å². The number of benzene rings is 2. The summed E-state index contributed by atoms with van der Waals surface area (Å²) >= 11 is 0. The first-order chi connectivity index (χ1) is 18.6. The predicted molar refractivity (Wildman–Crippen MR) is 157 cm³/mol. The molecule has 5 rings (SSSR count). The normalized spacial score (nSPS) is 16.4. The van der Waals surface area contributed by atoms with Gasteiger partial charge in [-0.2, -0.15) is 49.7 Å². The Kier molecular flexibility index (Phi) is 9.70. The van der Waals surface area contributed by atoms with Crippen LogP contribution in [-0.4, -0.2) is 33.0 Å². The molecule has 0 N–H and O–H groups in total. The van der Waals surface area contributed by atoms with Crippen LogP contribution in [0.4, 0.5) is 23.4 Å². The minimum Gasteiger partial charge on any atom is -0.296 e. The Balaban J connectivity index is 0.00000231. The van der Waals surface area contributed by atoms with Gasteiger partial charge in [-0.3, -0.25) is 14.5 Å². The van der Waals surface area contributed by atoms with Gasteiger partial charge in [-0.15, -0.1) is 0 Å². The second-order valence-electron chi connectivity index (χ2n) is 9.36. The van der Waals surface area contributed by atoms with Crippen molar-refractivity contribution < 1.29 is 27.2 Å². The SMILES string of the molecule is CCN1C(=O)[C@@H](CC(=O)c2cccc(C(F)(F)F)c2)[C@@H](c2ccc(F)nc2)c2c(C)nn(-c3ccccc3)c21.S.S. The first kappa shape index (κ1) is 31.9. The zero-order valence-electron chi connectivity index (χ0n) is 22.1. The molecule has 0 saturated heterocycles. The molecule has 1 amide bonds. The van der Waals surface area contributed by atoms with Crippen molar-refractivity contribution >= 4 is 44.5 Å². The summed E-state index contributed by atoms with van der Waals surface area (Å²) in [6.45, 7) is 3.86. The lowest BCUT2D eigenvalue weighted by Gasteiger charge is -2.38. The highest BCUT2D eigenvalue weighted by Crippen LogP contribution is 2.47. The molecule has 4 aromatic rings. The lowest BCUT2D eigenvalue weighted by molar-refractivity contribution is -0.137. The molecule has 12 heteroatoms. The maximum atomic E-state index is 14.0. The van der Waals surface area contributed by atoms with Gasteiger partial charge in [0.25, 0.3) is 0 Å². The molecule has 3 heterocycles. The molecule has 0 fully saturated rings. The Morgan fingerprint density at radius 1 is 1.00 bits per heavy atom. The summed E-state index contributed by atoms with van der Waals surface area (Å²) in [6.07, 6.45) is -3.65. The van der Waals surface area contributed by atoms with Crippen molar-refractivity contribution in [3.05, 3.63) is 107 Å². The van der Waals surface area contributed by atoms with Crippen LogP contribution < -0.4 is 4.90 Å². The van der Waals surface area contributed by atoms with Crippen molar-refractivity contribution in [3.63, 3.8) is 0 Å². The smallest absolute Gasteiger partial charge is 0.296 e. The minimum absolute atomic E-state index is 0. The van der Waals surface area contributed by atoms with E-state index >= 15 is 0 Å². The van der Waals surface area contributed by atoms with E-state index in [-0.39, 0.29) is 51.4 Å². The fourth-order valence-electron chi connectivity index (χ4n) is 5.22. The zero-order valence-corrected chi connectivity index (χ0v) is 24.1. The molecule has 2 aromatic heterocycles. The number of carbonyl (C=O) groups excluding carboxylic acids is 2. The van der Waals surface area contributed by atoms with Gasteiger partial charge >= 0.3 is 6.18 Å². The van der Waals surface area contributed by atoms with E-state index in [1.807, 2.05) is 30.3 Å². The molecule has 0 bridgehead atoms. The van der Waals surface area contributed by atoms with E-state index in [0.29, 0.717) is 22.6 Å². The molecular weight excluding hydrogens is 576 g/mol. The summed E-state index contributed by atoms with van der Waals surface area (Å²) in [5.74, 6) is -2.86. The molecule has 0 unspecified atom stereocenters. The largest absolute Gasteiger partial charge is 0.416 e. The topological polar surface area (TPSA) is 68.1 Å². The Hall–Kier alpha value is -3.64. The fourth-order valence-corrected chi connectivity index (χ4v) is 5.22. The molecule has 0 spiro atoms. The average molecular weight is 605 g/mol. The summed E-state index contributed by atoms with van der Waals surface area (Å²) < 4.78 is 55.3. The number of aromatic nitrogens is 3. The molecule has 216 valence electrons. The van der Waals surface area contributed by atoms with E-state index < -0.39 is 35.3 Å². The van der Waals surface area contributed by atoms with Crippen LogP contribution in [0.1, 0.15) is 52.0 Å². The number of aryl methyl sites for hydroxylation is 1. The van der Waals surface area contributed by atoms with Crippen LogP contribution >= 0.6 is 27.0 Å². The maximum Gasteiger partial charge on any atom is 0.416 e. The van der Waals surface area contributed by atoms with Crippen LogP contribution in [0.2, 0.25) is 0 Å². The van der Waals surface area contributed by atoms with Gasteiger partial charge < -0.3 is 0 Å². The van der Waals surface area contributed by atoms with Crippen LogP contribution in [0.5, 0.6) is 0 Å². The molecule has 6 nitrogen and oxygen atoms in total. The van der Waals surface area contributed by atoms with Gasteiger partial charge in [-0.05, 0) is 49.7 Å². The van der Waals surface area contributed by atoms with E-state index in [1.165, 1.54) is 30.5 Å². The number of para-hydroxylation sites is 1. The van der Waals surface area contributed by atoms with Crippen molar-refractivity contribution in [1.29, 1.82) is 0 Å². The molecule has 1 aliphatic rings. The quantitative estimate of drug-likeness (QED) is 0.146. The molecular formula is C29H28F4N4O2S2. The highest BCUT2D eigenvalue weighted by atomic mass is 32.1. The van der Waals surface area contributed by atoms with E-state index in [2.05, 4.69) is 4.98 Å². The average Bonchev–Trinajstić information content (AvgIpc) is 3.26. The molecule has 1 aliphatic heterocycles. The lowest BCUT2D eigenvalue weighted by atomic mass is 9.74. The number of alkyl halides is 3. The van der Waals surface area contributed by atoms with Crippen LogP contribution in [0.25, 0.3) is 5.69 Å². The summed E-state index contributed by atoms with van der Waals surface area (Å²) in [5, 5.41) is 4.72. The second-order valence-corrected chi connectivity index (χ2v) is 9.36. The minimum atomic E-state index is -4.61. The number of fused-ring (bicyclic) bond motifs is 1. The van der Waals surface area contributed by atoms with Gasteiger partial charge in [0.1, 0.15) is 5.82 Å². The van der Waals surface area contributed by atoms with Crippen molar-refractivity contribution in [2.24, 2.45) is 5.92 Å². The van der Waals surface area contributed by atoms with Gasteiger partial charge in [0.15, 0.2) is 5.78 Å². The van der Waals surface area contributed by atoms with Crippen molar-refractivity contribution in [1.82, 2.24) is 14.8 Å². The molecule has 0 saturated carbocycles. The number of rotatable bonds is 6. The first-order valence-electron chi connectivity index (χ1n) is 12.4. The molecule has 2 aromatic carbocycles. The van der Waals surface area contributed by atoms with Crippen LogP contribution in [0.3, 0.4) is 0 Å². The summed E-state index contributed by atoms with van der Waals surface area (Å²) in [4.78, 5) is 32.7. The van der Waals surface area contributed by atoms with Crippen molar-refractivity contribution in [3.8, 4) is 5.69 Å². The number of carbonyl (C=O) groups is 2. The van der Waals surface area contributed by atoms with Gasteiger partial charge in [-0.25, -0.2) is 9.67 Å². The summed E-state index contributed by atoms with van der Waals surface area (Å²) in [6, 6.07) is 16.1. The zero-order chi connectivity index (χ0) is 27.9. The maximum absolute atomic E-state index is 14.0. The highest BCUT2D eigenvalue weighted by Gasteiger charge is 2.45. The second kappa shape index (κ2) is 12.5. The number of anilines is 1. The monoisotopic (exact) mass is 604 g/mol. The Labute approximate surface area is 248 Å². The van der Waals surface area contributed by atoms with Gasteiger partial charge in [0, 0.05) is 36.2 Å². The van der Waals surface area contributed by atoms with Crippen molar-refractivity contribution in [2.75, 3.05) is 11.4 Å². The molecule has 0 aliphatic carbocycles. The number of pyridine rings is 1. The van der Waals surface area contributed by atoms with E-state index in [0.717, 1.165) is 17.8 Å². The molecule has 41 heavy (non-hydrogen) atoms. The third-order valence-corrected chi connectivity index (χ3v) is 6.98. The number of hydrogen-bond acceptors (Lipinski definition) is 4. The fraction of sp³-hybridized carbons (Fsp3) is 0.241. The third kappa shape index (κ3) is 6.03. The Morgan fingerprint density at radius 2 is 1.71 bits per heavy atom. The predicted octanol–water partition coefficient (Wildman–Crippen LogP) is 6.35.